The van der Waals surface area contributed by atoms with Gasteiger partial charge in [-0.2, -0.15) is 5.10 Å². The summed E-state index contributed by atoms with van der Waals surface area (Å²) in [6.45, 7) is 4.50. The predicted molar refractivity (Wildman–Crippen MR) is 126 cm³/mol. The third-order valence-electron chi connectivity index (χ3n) is 6.48. The Morgan fingerprint density at radius 1 is 1.22 bits per heavy atom. The van der Waals surface area contributed by atoms with Gasteiger partial charge >= 0.3 is 0 Å². The lowest BCUT2D eigenvalue weighted by Gasteiger charge is -2.55. The van der Waals surface area contributed by atoms with E-state index in [-0.39, 0.29) is 21.7 Å². The van der Waals surface area contributed by atoms with E-state index in [1.54, 1.807) is 18.3 Å². The van der Waals surface area contributed by atoms with Crippen LogP contribution < -0.4 is 10.1 Å². The van der Waals surface area contributed by atoms with Crippen LogP contribution in [-0.2, 0) is 10.0 Å². The van der Waals surface area contributed by atoms with Crippen molar-refractivity contribution in [3.8, 4) is 0 Å². The summed E-state index contributed by atoms with van der Waals surface area (Å²) in [7, 11) is -4.02. The molecular weight excluding hydrogens is 452 g/mol. The van der Waals surface area contributed by atoms with E-state index < -0.39 is 14.9 Å². The fourth-order valence-corrected chi connectivity index (χ4v) is 5.58. The van der Waals surface area contributed by atoms with Gasteiger partial charge in [-0.1, -0.05) is 31.5 Å². The number of anilines is 2. The van der Waals surface area contributed by atoms with Crippen molar-refractivity contribution in [2.24, 2.45) is 22.4 Å². The van der Waals surface area contributed by atoms with Gasteiger partial charge in [0.1, 0.15) is 5.69 Å². The van der Waals surface area contributed by atoms with Crippen LogP contribution >= 0.6 is 11.6 Å². The van der Waals surface area contributed by atoms with E-state index in [1.807, 2.05) is 0 Å². The van der Waals surface area contributed by atoms with Crippen LogP contribution in [0.25, 0.3) is 0 Å². The maximum absolute atomic E-state index is 12.7. The SMILES string of the molecule is CC1(C)[C@@H]2CC=C(/C=N/Nc3ccc(S(=O)(=O)Nc4ccc(Cl)cc4)cc3[N+](=O)[O-])[C@H]1C2. The fourth-order valence-electron chi connectivity index (χ4n) is 4.38. The van der Waals surface area contributed by atoms with Crippen molar-refractivity contribution in [3.05, 3.63) is 69.3 Å². The Kier molecular flexibility index (Phi) is 5.72. The first-order valence-corrected chi connectivity index (χ1v) is 12.0. The number of hydrogen-bond acceptors (Lipinski definition) is 6. The quantitative estimate of drug-likeness (QED) is 0.315. The largest absolute Gasteiger partial charge is 0.295 e. The zero-order valence-corrected chi connectivity index (χ0v) is 19.2. The maximum atomic E-state index is 12.7. The van der Waals surface area contributed by atoms with Gasteiger partial charge < -0.3 is 0 Å². The van der Waals surface area contributed by atoms with E-state index in [4.69, 9.17) is 11.6 Å². The minimum absolute atomic E-state index is 0.110. The number of benzene rings is 2. The number of nitro groups is 1. The molecular formula is C22H23ClN4O4S. The summed E-state index contributed by atoms with van der Waals surface area (Å²) < 4.78 is 27.7. The number of rotatable bonds is 7. The smallest absolute Gasteiger partial charge is 0.280 e. The van der Waals surface area contributed by atoms with Crippen molar-refractivity contribution in [2.75, 3.05) is 10.1 Å². The normalized spacial score (nSPS) is 21.5. The van der Waals surface area contributed by atoms with Crippen LogP contribution in [0.2, 0.25) is 5.02 Å². The molecule has 2 atom stereocenters. The minimum Gasteiger partial charge on any atom is -0.280 e. The lowest BCUT2D eigenvalue weighted by Crippen LogP contribution is -2.48. The molecule has 0 saturated heterocycles. The maximum Gasteiger partial charge on any atom is 0.295 e. The van der Waals surface area contributed by atoms with Crippen molar-refractivity contribution >= 4 is 44.9 Å². The molecule has 2 N–H and O–H groups in total. The number of nitrogens with one attached hydrogen (secondary N) is 2. The highest BCUT2D eigenvalue weighted by molar-refractivity contribution is 7.92. The van der Waals surface area contributed by atoms with Crippen molar-refractivity contribution in [2.45, 2.75) is 31.6 Å². The summed E-state index contributed by atoms with van der Waals surface area (Å²) in [5, 5.41) is 16.2. The molecule has 1 fully saturated rings. The van der Waals surface area contributed by atoms with Crippen molar-refractivity contribution in [1.82, 2.24) is 0 Å². The first-order valence-electron chi connectivity index (χ1n) is 10.1. The van der Waals surface area contributed by atoms with Gasteiger partial charge in [-0.15, -0.1) is 0 Å². The summed E-state index contributed by atoms with van der Waals surface area (Å²) in [4.78, 5) is 10.7. The molecule has 2 aromatic carbocycles. The highest BCUT2D eigenvalue weighted by Gasteiger charge is 2.50. The van der Waals surface area contributed by atoms with Crippen LogP contribution in [0.3, 0.4) is 0 Å². The molecule has 0 aliphatic heterocycles. The molecule has 0 amide bonds. The van der Waals surface area contributed by atoms with Crippen LogP contribution in [0.5, 0.6) is 0 Å². The lowest BCUT2D eigenvalue weighted by molar-refractivity contribution is -0.384. The molecule has 0 unspecified atom stereocenters. The molecule has 5 rings (SSSR count). The van der Waals surface area contributed by atoms with Crippen molar-refractivity contribution < 1.29 is 13.3 Å². The van der Waals surface area contributed by atoms with E-state index in [9.17, 15) is 18.5 Å². The van der Waals surface area contributed by atoms with Gasteiger partial charge in [0.2, 0.25) is 0 Å². The minimum atomic E-state index is -4.02. The van der Waals surface area contributed by atoms with Gasteiger partial charge in [0.05, 0.1) is 16.0 Å². The molecule has 3 aliphatic carbocycles. The topological polar surface area (TPSA) is 114 Å². The molecule has 2 bridgehead atoms. The first-order chi connectivity index (χ1) is 15.1. The number of fused-ring (bicyclic) bond motifs is 1. The Bertz CT molecular complexity index is 1220. The molecule has 0 radical (unpaired) electrons. The molecule has 0 spiro atoms. The second-order valence-corrected chi connectivity index (χ2v) is 10.8. The van der Waals surface area contributed by atoms with Crippen molar-refractivity contribution in [3.63, 3.8) is 0 Å². The number of hydrogen-bond donors (Lipinski definition) is 2. The Balaban J connectivity index is 1.52. The number of nitro benzene ring substituents is 1. The zero-order valence-electron chi connectivity index (χ0n) is 17.6. The van der Waals surface area contributed by atoms with E-state index in [1.165, 1.54) is 24.3 Å². The third kappa shape index (κ3) is 4.22. The summed E-state index contributed by atoms with van der Waals surface area (Å²) in [5.74, 6) is 1.14. The van der Waals surface area contributed by atoms with Crippen LogP contribution in [0, 0.1) is 27.4 Å². The van der Waals surface area contributed by atoms with Gasteiger partial charge in [0.15, 0.2) is 0 Å². The Morgan fingerprint density at radius 2 is 1.94 bits per heavy atom. The van der Waals surface area contributed by atoms with E-state index in [2.05, 4.69) is 35.2 Å². The molecule has 1 saturated carbocycles. The van der Waals surface area contributed by atoms with E-state index in [0.717, 1.165) is 24.5 Å². The monoisotopic (exact) mass is 474 g/mol. The van der Waals surface area contributed by atoms with Gasteiger partial charge in [-0.3, -0.25) is 20.3 Å². The van der Waals surface area contributed by atoms with E-state index >= 15 is 0 Å². The second kappa shape index (κ2) is 8.22. The predicted octanol–water partition coefficient (Wildman–Crippen LogP) is 5.44. The van der Waals surface area contributed by atoms with Gasteiger partial charge in [-0.25, -0.2) is 8.42 Å². The molecule has 10 heteroatoms. The van der Waals surface area contributed by atoms with Crippen LogP contribution in [-0.4, -0.2) is 19.6 Å². The first kappa shape index (κ1) is 22.3. The van der Waals surface area contributed by atoms with Crippen LogP contribution in [0.4, 0.5) is 17.1 Å². The number of allylic oxidation sites excluding steroid dienone is 2. The second-order valence-electron chi connectivity index (χ2n) is 8.66. The molecule has 0 aromatic heterocycles. The highest BCUT2D eigenvalue weighted by atomic mass is 35.5. The molecule has 32 heavy (non-hydrogen) atoms. The molecule has 168 valence electrons. The number of halogens is 1. The van der Waals surface area contributed by atoms with Crippen molar-refractivity contribution in [1.29, 1.82) is 0 Å². The summed E-state index contributed by atoms with van der Waals surface area (Å²) >= 11 is 5.81. The van der Waals surface area contributed by atoms with E-state index in [0.29, 0.717) is 22.5 Å². The Labute approximate surface area is 191 Å². The average molecular weight is 475 g/mol. The molecule has 3 aliphatic rings. The lowest BCUT2D eigenvalue weighted by atomic mass is 9.49. The summed E-state index contributed by atoms with van der Waals surface area (Å²) in [6.07, 6.45) is 6.02. The molecule has 8 nitrogen and oxygen atoms in total. The average Bonchev–Trinajstić information content (AvgIpc) is 2.75. The fraction of sp³-hybridized carbons (Fsp3) is 0.318. The Hall–Kier alpha value is -2.91. The number of nitrogens with zero attached hydrogens (tertiary/aromatic N) is 2. The number of sulfonamides is 1. The van der Waals surface area contributed by atoms with Crippen LogP contribution in [0.1, 0.15) is 26.7 Å². The Morgan fingerprint density at radius 3 is 2.56 bits per heavy atom. The summed E-state index contributed by atoms with van der Waals surface area (Å²) in [5.41, 5.74) is 4.09. The number of hydrazone groups is 1. The van der Waals surface area contributed by atoms with Crippen LogP contribution in [0.15, 0.2) is 64.1 Å². The molecule has 0 heterocycles. The summed E-state index contributed by atoms with van der Waals surface area (Å²) in [6, 6.07) is 9.73. The third-order valence-corrected chi connectivity index (χ3v) is 8.11. The van der Waals surface area contributed by atoms with Gasteiger partial charge in [0, 0.05) is 16.8 Å². The standard InChI is InChI=1S/C22H23ClN4O4S/c1-22(2)15-4-3-14(19(22)11-15)13-24-25-20-10-9-18(12-21(20)27(28)29)32(30,31)26-17-7-5-16(23)6-8-17/h3,5-10,12-13,15,19,25-26H,4,11H2,1-2H3/b24-13+/t15-,19-/m1/s1. The highest BCUT2D eigenvalue weighted by Crippen LogP contribution is 2.58. The zero-order chi connectivity index (χ0) is 23.1. The van der Waals surface area contributed by atoms with Gasteiger partial charge in [-0.05, 0) is 72.1 Å². The van der Waals surface area contributed by atoms with Gasteiger partial charge in [0.25, 0.3) is 15.7 Å². The molecule has 2 aromatic rings.